The summed E-state index contributed by atoms with van der Waals surface area (Å²) in [7, 11) is 0. The van der Waals surface area contributed by atoms with E-state index >= 15 is 0 Å². The second-order valence-corrected chi connectivity index (χ2v) is 7.16. The maximum atomic E-state index is 11.9. The fourth-order valence-corrected chi connectivity index (χ4v) is 4.00. The Balaban J connectivity index is 1.76. The number of Topliss-reactive ketones (excluding diaryl/α,β-unsaturated/α-hetero) is 1. The Morgan fingerprint density at radius 3 is 2.08 bits per heavy atom. The van der Waals surface area contributed by atoms with Crippen LogP contribution in [-0.4, -0.2) is 26.2 Å². The highest BCUT2D eigenvalue weighted by molar-refractivity contribution is 8.00. The molecule has 4 nitrogen and oxygen atoms in total. The first-order valence-corrected chi connectivity index (χ1v) is 9.24. The summed E-state index contributed by atoms with van der Waals surface area (Å²) < 4.78 is 0. The molecule has 3 aromatic rings. The minimum atomic E-state index is -0.0343. The second kappa shape index (κ2) is 7.15. The van der Waals surface area contributed by atoms with Gasteiger partial charge in [0.25, 0.3) is 0 Å². The summed E-state index contributed by atoms with van der Waals surface area (Å²) in [5.74, 6) is 0.294. The van der Waals surface area contributed by atoms with Gasteiger partial charge in [0.15, 0.2) is 0 Å². The monoisotopic (exact) mass is 347 g/mol. The molecule has 5 heteroatoms. The maximum Gasteiger partial charge on any atom is 0.210 e. The predicted octanol–water partition coefficient (Wildman–Crippen LogP) is 4.42. The van der Waals surface area contributed by atoms with E-state index in [1.165, 1.54) is 11.8 Å². The van der Waals surface area contributed by atoms with E-state index in [-0.39, 0.29) is 5.25 Å². The van der Waals surface area contributed by atoms with Crippen molar-refractivity contribution < 1.29 is 4.79 Å². The Bertz CT molecular complexity index is 884. The molecule has 0 unspecified atom stereocenters. The van der Waals surface area contributed by atoms with E-state index in [0.29, 0.717) is 17.4 Å². The van der Waals surface area contributed by atoms with Crippen LogP contribution in [-0.2, 0) is 4.79 Å². The van der Waals surface area contributed by atoms with Crippen LogP contribution >= 0.6 is 11.8 Å². The van der Waals surface area contributed by atoms with Crippen LogP contribution < -0.4 is 0 Å². The highest BCUT2D eigenvalue weighted by Gasteiger charge is 2.27. The molecule has 1 aliphatic rings. The molecule has 0 amide bonds. The quantitative estimate of drug-likeness (QED) is 0.699. The number of hydrogen-bond donors (Lipinski definition) is 0. The van der Waals surface area contributed by atoms with E-state index in [1.54, 1.807) is 0 Å². The molecule has 1 aromatic heterocycles. The van der Waals surface area contributed by atoms with Crippen LogP contribution in [0.2, 0.25) is 0 Å². The van der Waals surface area contributed by atoms with E-state index < -0.39 is 0 Å². The number of aromatic nitrogens is 3. The van der Waals surface area contributed by atoms with Gasteiger partial charge >= 0.3 is 0 Å². The van der Waals surface area contributed by atoms with Crippen LogP contribution in [0.1, 0.15) is 19.3 Å². The minimum absolute atomic E-state index is 0.0343. The van der Waals surface area contributed by atoms with Crippen molar-refractivity contribution in [2.24, 2.45) is 0 Å². The van der Waals surface area contributed by atoms with E-state index in [2.05, 4.69) is 10.2 Å². The highest BCUT2D eigenvalue weighted by atomic mass is 32.2. The third-order valence-electron chi connectivity index (χ3n) is 4.26. The van der Waals surface area contributed by atoms with E-state index in [0.717, 1.165) is 35.4 Å². The maximum absolute atomic E-state index is 11.9. The molecular formula is C20H17N3OS. The number of benzene rings is 2. The minimum Gasteiger partial charge on any atom is -0.298 e. The molecule has 0 saturated heterocycles. The third kappa shape index (κ3) is 3.46. The second-order valence-electron chi connectivity index (χ2n) is 5.99. The number of thioether (sulfide) groups is 1. The fraction of sp³-hybridized carbons (Fsp3) is 0.200. The van der Waals surface area contributed by atoms with E-state index in [1.807, 2.05) is 60.7 Å². The van der Waals surface area contributed by atoms with Crippen molar-refractivity contribution in [2.75, 3.05) is 0 Å². The molecule has 1 fully saturated rings. The molecule has 0 aliphatic heterocycles. The van der Waals surface area contributed by atoms with Gasteiger partial charge in [0.1, 0.15) is 17.2 Å². The molecule has 1 heterocycles. The van der Waals surface area contributed by atoms with Gasteiger partial charge in [-0.3, -0.25) is 4.79 Å². The van der Waals surface area contributed by atoms with Crippen molar-refractivity contribution in [1.29, 1.82) is 0 Å². The number of rotatable bonds is 4. The first kappa shape index (κ1) is 16.0. The van der Waals surface area contributed by atoms with Crippen molar-refractivity contribution in [3.8, 4) is 22.5 Å². The zero-order valence-corrected chi connectivity index (χ0v) is 14.4. The van der Waals surface area contributed by atoms with Crippen LogP contribution in [0.4, 0.5) is 0 Å². The molecular weight excluding hydrogens is 330 g/mol. The molecule has 0 spiro atoms. The summed E-state index contributed by atoms with van der Waals surface area (Å²) in [5, 5.41) is 9.27. The van der Waals surface area contributed by atoms with Crippen LogP contribution in [0.5, 0.6) is 0 Å². The van der Waals surface area contributed by atoms with Crippen LogP contribution in [0.3, 0.4) is 0 Å². The van der Waals surface area contributed by atoms with Crippen LogP contribution in [0, 0.1) is 0 Å². The first-order valence-electron chi connectivity index (χ1n) is 8.36. The van der Waals surface area contributed by atoms with Gasteiger partial charge in [0.2, 0.25) is 5.16 Å². The molecule has 1 atom stereocenters. The number of carbonyl (C=O) groups is 1. The normalized spacial score (nSPS) is 17.0. The van der Waals surface area contributed by atoms with E-state index in [9.17, 15) is 4.79 Å². The van der Waals surface area contributed by atoms with Gasteiger partial charge in [0.05, 0.1) is 5.25 Å². The molecule has 2 aromatic carbocycles. The summed E-state index contributed by atoms with van der Waals surface area (Å²) in [5.41, 5.74) is 3.54. The van der Waals surface area contributed by atoms with Gasteiger partial charge in [-0.15, -0.1) is 10.2 Å². The lowest BCUT2D eigenvalue weighted by atomic mass is 10.0. The van der Waals surface area contributed by atoms with Crippen molar-refractivity contribution in [2.45, 2.75) is 29.7 Å². The van der Waals surface area contributed by atoms with Gasteiger partial charge < -0.3 is 0 Å². The zero-order valence-electron chi connectivity index (χ0n) is 13.6. The molecule has 0 radical (unpaired) electrons. The Labute approximate surface area is 150 Å². The molecule has 4 rings (SSSR count). The number of ketones is 1. The van der Waals surface area contributed by atoms with Crippen LogP contribution in [0.25, 0.3) is 22.5 Å². The summed E-state index contributed by atoms with van der Waals surface area (Å²) in [6.07, 6.45) is 2.52. The molecule has 0 N–H and O–H groups in total. The van der Waals surface area contributed by atoms with Gasteiger partial charge in [-0.1, -0.05) is 72.4 Å². The number of nitrogens with zero attached hydrogens (tertiary/aromatic N) is 3. The zero-order chi connectivity index (χ0) is 17.1. The summed E-state index contributed by atoms with van der Waals surface area (Å²) >= 11 is 1.44. The lowest BCUT2D eigenvalue weighted by Crippen LogP contribution is -2.10. The first-order chi connectivity index (χ1) is 12.3. The summed E-state index contributed by atoms with van der Waals surface area (Å²) in [4.78, 5) is 16.7. The standard InChI is InChI=1S/C20H17N3OS/c24-16-12-7-13-17(16)25-20-21-18(14-8-3-1-4-9-14)19(22-23-20)15-10-5-2-6-11-15/h1-6,8-11,17H,7,12-13H2/t17-/m1/s1. The average molecular weight is 347 g/mol. The van der Waals surface area contributed by atoms with Crippen molar-refractivity contribution >= 4 is 17.5 Å². The molecule has 1 aliphatic carbocycles. The molecule has 0 bridgehead atoms. The van der Waals surface area contributed by atoms with Crippen molar-refractivity contribution in [3.05, 3.63) is 60.7 Å². The smallest absolute Gasteiger partial charge is 0.210 e. The average Bonchev–Trinajstić information content (AvgIpc) is 3.08. The Hall–Kier alpha value is -2.53. The van der Waals surface area contributed by atoms with Gasteiger partial charge in [-0.2, -0.15) is 0 Å². The van der Waals surface area contributed by atoms with E-state index in [4.69, 9.17) is 4.98 Å². The lowest BCUT2D eigenvalue weighted by molar-refractivity contribution is -0.116. The Kier molecular flexibility index (Phi) is 4.57. The lowest BCUT2D eigenvalue weighted by Gasteiger charge is -2.11. The Morgan fingerprint density at radius 1 is 0.840 bits per heavy atom. The topological polar surface area (TPSA) is 55.7 Å². The molecule has 25 heavy (non-hydrogen) atoms. The Morgan fingerprint density at radius 2 is 1.48 bits per heavy atom. The highest BCUT2D eigenvalue weighted by Crippen LogP contribution is 2.33. The predicted molar refractivity (Wildman–Crippen MR) is 99.2 cm³/mol. The number of hydrogen-bond acceptors (Lipinski definition) is 5. The SMILES string of the molecule is O=C1CCC[C@H]1Sc1nnc(-c2ccccc2)c(-c2ccccc2)n1. The molecule has 1 saturated carbocycles. The van der Waals surface area contributed by atoms with Gasteiger partial charge in [-0.05, 0) is 12.8 Å². The summed E-state index contributed by atoms with van der Waals surface area (Å²) in [6.45, 7) is 0. The van der Waals surface area contributed by atoms with Gasteiger partial charge in [-0.25, -0.2) is 4.98 Å². The summed E-state index contributed by atoms with van der Waals surface area (Å²) in [6, 6.07) is 19.9. The van der Waals surface area contributed by atoms with Crippen LogP contribution in [0.15, 0.2) is 65.8 Å². The third-order valence-corrected chi connectivity index (χ3v) is 5.42. The largest absolute Gasteiger partial charge is 0.298 e. The fourth-order valence-electron chi connectivity index (χ4n) is 2.98. The van der Waals surface area contributed by atoms with Gasteiger partial charge in [0, 0.05) is 17.5 Å². The molecule has 124 valence electrons. The van der Waals surface area contributed by atoms with Crippen molar-refractivity contribution in [1.82, 2.24) is 15.2 Å². The number of carbonyl (C=O) groups excluding carboxylic acids is 1. The van der Waals surface area contributed by atoms with Crippen molar-refractivity contribution in [3.63, 3.8) is 0 Å².